The molecule has 0 saturated carbocycles. The summed E-state index contributed by atoms with van der Waals surface area (Å²) >= 11 is 0. The zero-order chi connectivity index (χ0) is 15.8. The summed E-state index contributed by atoms with van der Waals surface area (Å²) in [5.41, 5.74) is 0.763. The molecule has 1 aromatic rings. The van der Waals surface area contributed by atoms with Gasteiger partial charge in [-0.3, -0.25) is 0 Å². The third-order valence-corrected chi connectivity index (χ3v) is 5.66. The van der Waals surface area contributed by atoms with Crippen LogP contribution in [0.4, 0.5) is 4.39 Å². The highest BCUT2D eigenvalue weighted by molar-refractivity contribution is 7.89. The number of rotatable bonds is 3. The Morgan fingerprint density at radius 3 is 2.43 bits per heavy atom. The quantitative estimate of drug-likeness (QED) is 0.910. The smallest absolute Gasteiger partial charge is 0.243 e. The second-order valence-corrected chi connectivity index (χ2v) is 7.32. The van der Waals surface area contributed by atoms with Crippen molar-refractivity contribution in [2.45, 2.75) is 37.9 Å². The Labute approximate surface area is 124 Å². The molecule has 0 spiro atoms. The molecule has 2 rings (SSSR count). The average Bonchev–Trinajstić information content (AvgIpc) is 2.36. The largest absolute Gasteiger partial charge is 0.394 e. The van der Waals surface area contributed by atoms with Gasteiger partial charge >= 0.3 is 0 Å². The summed E-state index contributed by atoms with van der Waals surface area (Å²) in [6.07, 6.45) is -0.837. The second-order valence-electron chi connectivity index (χ2n) is 5.44. The molecule has 1 saturated heterocycles. The summed E-state index contributed by atoms with van der Waals surface area (Å²) in [4.78, 5) is 0.134. The lowest BCUT2D eigenvalue weighted by molar-refractivity contribution is -0.0750. The molecule has 1 aromatic carbocycles. The van der Waals surface area contributed by atoms with Crippen molar-refractivity contribution in [2.75, 3.05) is 19.7 Å². The van der Waals surface area contributed by atoms with Crippen LogP contribution in [-0.4, -0.2) is 49.7 Å². The predicted octanol–water partition coefficient (Wildman–Crippen LogP) is 1.21. The Hall–Kier alpha value is -1.02. The monoisotopic (exact) mass is 317 g/mol. The van der Waals surface area contributed by atoms with Crippen LogP contribution in [0.2, 0.25) is 0 Å². The highest BCUT2D eigenvalue weighted by atomic mass is 32.2. The summed E-state index contributed by atoms with van der Waals surface area (Å²) in [5.74, 6) is -0.451. The number of benzene rings is 1. The molecule has 2 atom stereocenters. The molecule has 118 valence electrons. The number of halogens is 1. The van der Waals surface area contributed by atoms with Crippen molar-refractivity contribution in [3.63, 3.8) is 0 Å². The van der Waals surface area contributed by atoms with Gasteiger partial charge in [-0.25, -0.2) is 12.8 Å². The van der Waals surface area contributed by atoms with Crippen molar-refractivity contribution in [3.8, 4) is 0 Å². The van der Waals surface area contributed by atoms with E-state index in [4.69, 9.17) is 4.74 Å². The molecular weight excluding hydrogens is 297 g/mol. The molecule has 21 heavy (non-hydrogen) atoms. The number of aliphatic hydroxyl groups is 1. The Kier molecular flexibility index (Phi) is 4.67. The third-order valence-electron chi connectivity index (χ3n) is 3.52. The van der Waals surface area contributed by atoms with Crippen molar-refractivity contribution < 1.29 is 22.7 Å². The number of ether oxygens (including phenoxy) is 1. The van der Waals surface area contributed by atoms with E-state index in [1.54, 1.807) is 20.8 Å². The molecule has 0 aromatic heterocycles. The molecule has 7 heteroatoms. The van der Waals surface area contributed by atoms with Gasteiger partial charge in [0.15, 0.2) is 0 Å². The van der Waals surface area contributed by atoms with Gasteiger partial charge < -0.3 is 9.84 Å². The van der Waals surface area contributed by atoms with Crippen molar-refractivity contribution in [2.24, 2.45) is 0 Å². The van der Waals surface area contributed by atoms with Crippen molar-refractivity contribution in [1.82, 2.24) is 4.31 Å². The topological polar surface area (TPSA) is 66.8 Å². The van der Waals surface area contributed by atoms with Gasteiger partial charge in [0, 0.05) is 13.1 Å². The number of aliphatic hydroxyl groups excluding tert-OH is 1. The molecule has 1 aliphatic heterocycles. The number of nitrogens with zero attached hydrogens (tertiary/aromatic N) is 1. The van der Waals surface area contributed by atoms with E-state index >= 15 is 0 Å². The fraction of sp³-hybridized carbons (Fsp3) is 0.571. The Morgan fingerprint density at radius 1 is 1.33 bits per heavy atom. The molecule has 0 bridgehead atoms. The Balaban J connectivity index is 2.43. The SMILES string of the molecule is Cc1cc(F)cc(C)c1S(=O)(=O)N1CC(C)OC(CO)C1. The minimum Gasteiger partial charge on any atom is -0.394 e. The first-order valence-electron chi connectivity index (χ1n) is 6.79. The summed E-state index contributed by atoms with van der Waals surface area (Å²) < 4.78 is 45.7. The number of aryl methyl sites for hydroxylation is 2. The lowest BCUT2D eigenvalue weighted by Crippen LogP contribution is -2.50. The van der Waals surface area contributed by atoms with E-state index in [1.165, 1.54) is 16.4 Å². The first-order valence-corrected chi connectivity index (χ1v) is 8.23. The molecule has 1 aliphatic rings. The first kappa shape index (κ1) is 16.4. The molecule has 1 N–H and O–H groups in total. The van der Waals surface area contributed by atoms with Crippen molar-refractivity contribution in [1.29, 1.82) is 0 Å². The number of hydrogen-bond donors (Lipinski definition) is 1. The van der Waals surface area contributed by atoms with E-state index in [9.17, 15) is 17.9 Å². The van der Waals surface area contributed by atoms with E-state index in [0.717, 1.165) is 0 Å². The van der Waals surface area contributed by atoms with Crippen LogP contribution >= 0.6 is 0 Å². The molecular formula is C14H20FNO4S. The van der Waals surface area contributed by atoms with E-state index < -0.39 is 21.9 Å². The van der Waals surface area contributed by atoms with Gasteiger partial charge in [0.2, 0.25) is 10.0 Å². The average molecular weight is 317 g/mol. The van der Waals surface area contributed by atoms with Crippen LogP contribution in [0.5, 0.6) is 0 Å². The summed E-state index contributed by atoms with van der Waals surface area (Å²) in [6.45, 7) is 4.99. The maximum absolute atomic E-state index is 13.4. The number of sulfonamides is 1. The molecule has 0 radical (unpaired) electrons. The molecule has 1 heterocycles. The van der Waals surface area contributed by atoms with Crippen LogP contribution in [0.1, 0.15) is 18.1 Å². The standard InChI is InChI=1S/C14H20FNO4S/c1-9-4-12(15)5-10(2)14(9)21(18,19)16-6-11(3)20-13(7-16)8-17/h4-5,11,13,17H,6-8H2,1-3H3. The van der Waals surface area contributed by atoms with Crippen LogP contribution in [0.15, 0.2) is 17.0 Å². The number of morpholine rings is 1. The van der Waals surface area contributed by atoms with Gasteiger partial charge in [0.05, 0.1) is 23.7 Å². The highest BCUT2D eigenvalue weighted by Crippen LogP contribution is 2.27. The summed E-state index contributed by atoms with van der Waals surface area (Å²) in [6, 6.07) is 2.43. The van der Waals surface area contributed by atoms with Crippen LogP contribution in [0.3, 0.4) is 0 Å². The summed E-state index contributed by atoms with van der Waals surface area (Å²) in [7, 11) is -3.74. The Bertz CT molecular complexity index is 609. The second kappa shape index (κ2) is 6.00. The lowest BCUT2D eigenvalue weighted by Gasteiger charge is -2.35. The molecule has 0 aliphatic carbocycles. The van der Waals surface area contributed by atoms with Crippen LogP contribution in [0, 0.1) is 19.7 Å². The minimum atomic E-state index is -3.74. The van der Waals surface area contributed by atoms with E-state index in [2.05, 4.69) is 0 Å². The zero-order valence-electron chi connectivity index (χ0n) is 12.3. The van der Waals surface area contributed by atoms with Crippen molar-refractivity contribution in [3.05, 3.63) is 29.1 Å². The predicted molar refractivity (Wildman–Crippen MR) is 76.1 cm³/mol. The third kappa shape index (κ3) is 3.26. The first-order chi connectivity index (χ1) is 9.75. The minimum absolute atomic E-state index is 0.0967. The van der Waals surface area contributed by atoms with Gasteiger partial charge in [-0.05, 0) is 44.0 Å². The summed E-state index contributed by atoms with van der Waals surface area (Å²) in [5, 5.41) is 9.21. The van der Waals surface area contributed by atoms with Gasteiger partial charge in [-0.1, -0.05) is 0 Å². The van der Waals surface area contributed by atoms with Crippen molar-refractivity contribution >= 4 is 10.0 Å². The fourth-order valence-corrected chi connectivity index (χ4v) is 4.69. The van der Waals surface area contributed by atoms with Crippen LogP contribution < -0.4 is 0 Å². The zero-order valence-corrected chi connectivity index (χ0v) is 13.2. The van der Waals surface area contributed by atoms with Crippen LogP contribution in [0.25, 0.3) is 0 Å². The van der Waals surface area contributed by atoms with Crippen LogP contribution in [-0.2, 0) is 14.8 Å². The molecule has 5 nitrogen and oxygen atoms in total. The molecule has 2 unspecified atom stereocenters. The van der Waals surface area contributed by atoms with Gasteiger partial charge in [0.1, 0.15) is 5.82 Å². The maximum Gasteiger partial charge on any atom is 0.243 e. The lowest BCUT2D eigenvalue weighted by atomic mass is 10.1. The van der Waals surface area contributed by atoms with Gasteiger partial charge in [0.25, 0.3) is 0 Å². The number of hydrogen-bond acceptors (Lipinski definition) is 4. The molecule has 1 fully saturated rings. The normalized spacial score (nSPS) is 24.2. The van der Waals surface area contributed by atoms with Gasteiger partial charge in [-0.2, -0.15) is 4.31 Å². The fourth-order valence-electron chi connectivity index (χ4n) is 2.73. The highest BCUT2D eigenvalue weighted by Gasteiger charge is 2.35. The van der Waals surface area contributed by atoms with Gasteiger partial charge in [-0.15, -0.1) is 0 Å². The van der Waals surface area contributed by atoms with E-state index in [0.29, 0.717) is 11.1 Å². The molecule has 0 amide bonds. The van der Waals surface area contributed by atoms with E-state index in [1.807, 2.05) is 0 Å². The maximum atomic E-state index is 13.4. The Morgan fingerprint density at radius 2 is 1.90 bits per heavy atom. The van der Waals surface area contributed by atoms with E-state index in [-0.39, 0.29) is 30.7 Å².